The summed E-state index contributed by atoms with van der Waals surface area (Å²) in [5, 5.41) is 4.60. The van der Waals surface area contributed by atoms with Crippen molar-refractivity contribution < 1.29 is 14.3 Å². The molecule has 3 rings (SSSR count). The minimum atomic E-state index is -0.602. The van der Waals surface area contributed by atoms with Crippen molar-refractivity contribution >= 4 is 17.6 Å². The Balaban J connectivity index is 1.81. The van der Waals surface area contributed by atoms with E-state index >= 15 is 0 Å². The van der Waals surface area contributed by atoms with Crippen molar-refractivity contribution in [3.8, 4) is 11.6 Å². The van der Waals surface area contributed by atoms with Gasteiger partial charge in [-0.15, -0.1) is 0 Å². The minimum absolute atomic E-state index is 0.0515. The Kier molecular flexibility index (Phi) is 5.76. The standard InChI is InChI=1S/C20H20ClN3O3/c1-4-26-17-8-6-5-7-15(17)12-27-20(25)19-16(21)9-10-18(22-19)24-14(3)11-13(2)23-24/h5-11H,4,12H2,1-3H3. The fourth-order valence-corrected chi connectivity index (χ4v) is 2.87. The molecule has 0 saturated carbocycles. The van der Waals surface area contributed by atoms with Gasteiger partial charge in [-0.1, -0.05) is 29.8 Å². The lowest BCUT2D eigenvalue weighted by Gasteiger charge is -2.11. The molecule has 0 fully saturated rings. The number of benzene rings is 1. The van der Waals surface area contributed by atoms with Crippen molar-refractivity contribution in [2.75, 3.05) is 6.61 Å². The molecule has 0 spiro atoms. The number of esters is 1. The molecule has 0 aliphatic carbocycles. The highest BCUT2D eigenvalue weighted by Gasteiger charge is 2.17. The second-order valence-electron chi connectivity index (χ2n) is 5.96. The molecule has 0 amide bonds. The van der Waals surface area contributed by atoms with E-state index in [1.165, 1.54) is 0 Å². The molecule has 1 aromatic carbocycles. The number of ether oxygens (including phenoxy) is 2. The smallest absolute Gasteiger partial charge is 0.358 e. The number of carbonyl (C=O) groups is 1. The molecule has 0 aliphatic heterocycles. The first-order chi connectivity index (χ1) is 13.0. The van der Waals surface area contributed by atoms with Crippen LogP contribution in [-0.4, -0.2) is 27.3 Å². The zero-order valence-corrected chi connectivity index (χ0v) is 16.2. The summed E-state index contributed by atoms with van der Waals surface area (Å²) in [4.78, 5) is 16.9. The van der Waals surface area contributed by atoms with Gasteiger partial charge in [-0.25, -0.2) is 14.5 Å². The van der Waals surface area contributed by atoms with Crippen LogP contribution in [0.4, 0.5) is 0 Å². The van der Waals surface area contributed by atoms with Gasteiger partial charge in [0.1, 0.15) is 12.4 Å². The monoisotopic (exact) mass is 385 g/mol. The molecule has 0 radical (unpaired) electrons. The van der Waals surface area contributed by atoms with Crippen LogP contribution in [0.3, 0.4) is 0 Å². The molecule has 0 bridgehead atoms. The number of nitrogens with zero attached hydrogens (tertiary/aromatic N) is 3. The summed E-state index contributed by atoms with van der Waals surface area (Å²) >= 11 is 6.17. The Morgan fingerprint density at radius 3 is 2.67 bits per heavy atom. The molecule has 140 valence electrons. The average Bonchev–Trinajstić information content (AvgIpc) is 2.99. The van der Waals surface area contributed by atoms with E-state index in [0.717, 1.165) is 17.0 Å². The Morgan fingerprint density at radius 1 is 1.19 bits per heavy atom. The van der Waals surface area contributed by atoms with Gasteiger partial charge < -0.3 is 9.47 Å². The van der Waals surface area contributed by atoms with Crippen LogP contribution in [0, 0.1) is 13.8 Å². The van der Waals surface area contributed by atoms with Gasteiger partial charge in [-0.2, -0.15) is 5.10 Å². The largest absolute Gasteiger partial charge is 0.493 e. The van der Waals surface area contributed by atoms with Crippen LogP contribution in [0.2, 0.25) is 5.02 Å². The fourth-order valence-electron chi connectivity index (χ4n) is 2.68. The maximum absolute atomic E-state index is 12.5. The molecule has 2 aromatic heterocycles. The van der Waals surface area contributed by atoms with Crippen molar-refractivity contribution in [3.63, 3.8) is 0 Å². The summed E-state index contributed by atoms with van der Waals surface area (Å²) in [6.07, 6.45) is 0. The van der Waals surface area contributed by atoms with Crippen LogP contribution >= 0.6 is 11.6 Å². The number of rotatable bonds is 6. The Bertz CT molecular complexity index is 969. The summed E-state index contributed by atoms with van der Waals surface area (Å²) in [7, 11) is 0. The highest BCUT2D eigenvalue weighted by molar-refractivity contribution is 6.33. The number of halogens is 1. The number of aryl methyl sites for hydroxylation is 2. The second kappa shape index (κ2) is 8.22. The van der Waals surface area contributed by atoms with Gasteiger partial charge in [0.15, 0.2) is 11.5 Å². The summed E-state index contributed by atoms with van der Waals surface area (Å²) in [6.45, 7) is 6.31. The molecule has 0 atom stereocenters. The minimum Gasteiger partial charge on any atom is -0.493 e. The van der Waals surface area contributed by atoms with Crippen LogP contribution in [-0.2, 0) is 11.3 Å². The first-order valence-corrected chi connectivity index (χ1v) is 8.95. The maximum Gasteiger partial charge on any atom is 0.358 e. The second-order valence-corrected chi connectivity index (χ2v) is 6.36. The van der Waals surface area contributed by atoms with Crippen molar-refractivity contribution in [1.29, 1.82) is 0 Å². The third-order valence-electron chi connectivity index (χ3n) is 3.88. The first-order valence-electron chi connectivity index (χ1n) is 8.57. The van der Waals surface area contributed by atoms with E-state index in [0.29, 0.717) is 18.2 Å². The molecule has 6 nitrogen and oxygen atoms in total. The van der Waals surface area contributed by atoms with Crippen molar-refractivity contribution in [2.24, 2.45) is 0 Å². The molecule has 0 saturated heterocycles. The number of hydrogen-bond donors (Lipinski definition) is 0. The molecule has 3 aromatic rings. The fraction of sp³-hybridized carbons (Fsp3) is 0.250. The first kappa shape index (κ1) is 18.9. The molecular formula is C20H20ClN3O3. The SMILES string of the molecule is CCOc1ccccc1COC(=O)c1nc(-n2nc(C)cc2C)ccc1Cl. The number of aromatic nitrogens is 3. The van der Waals surface area contributed by atoms with Gasteiger partial charge in [-0.3, -0.25) is 0 Å². The lowest BCUT2D eigenvalue weighted by molar-refractivity contribution is 0.0463. The van der Waals surface area contributed by atoms with Gasteiger partial charge in [0.05, 0.1) is 17.3 Å². The quantitative estimate of drug-likeness (QED) is 0.592. The zero-order chi connectivity index (χ0) is 19.4. The van der Waals surface area contributed by atoms with Gasteiger partial charge >= 0.3 is 5.97 Å². The Morgan fingerprint density at radius 2 is 1.96 bits per heavy atom. The molecule has 0 N–H and O–H groups in total. The van der Waals surface area contributed by atoms with Crippen LogP contribution in [0.5, 0.6) is 5.75 Å². The molecule has 2 heterocycles. The van der Waals surface area contributed by atoms with E-state index in [1.54, 1.807) is 16.8 Å². The van der Waals surface area contributed by atoms with E-state index in [4.69, 9.17) is 21.1 Å². The van der Waals surface area contributed by atoms with Gasteiger partial charge in [0.25, 0.3) is 0 Å². The van der Waals surface area contributed by atoms with Gasteiger partial charge in [0.2, 0.25) is 0 Å². The molecule has 27 heavy (non-hydrogen) atoms. The van der Waals surface area contributed by atoms with E-state index in [-0.39, 0.29) is 17.3 Å². The number of hydrogen-bond acceptors (Lipinski definition) is 5. The van der Waals surface area contributed by atoms with Crippen molar-refractivity contribution in [1.82, 2.24) is 14.8 Å². The van der Waals surface area contributed by atoms with Crippen molar-refractivity contribution in [2.45, 2.75) is 27.4 Å². The van der Waals surface area contributed by atoms with Gasteiger partial charge in [0, 0.05) is 11.3 Å². The highest BCUT2D eigenvalue weighted by Crippen LogP contribution is 2.22. The lowest BCUT2D eigenvalue weighted by Crippen LogP contribution is -2.12. The third kappa shape index (κ3) is 4.28. The normalized spacial score (nSPS) is 10.7. The van der Waals surface area contributed by atoms with Gasteiger partial charge in [-0.05, 0) is 45.0 Å². The van der Waals surface area contributed by atoms with Crippen LogP contribution in [0.25, 0.3) is 5.82 Å². The van der Waals surface area contributed by atoms with Crippen molar-refractivity contribution in [3.05, 3.63) is 70.1 Å². The summed E-state index contributed by atoms with van der Waals surface area (Å²) in [6, 6.07) is 12.7. The van der Waals surface area contributed by atoms with E-state index in [1.807, 2.05) is 51.1 Å². The predicted molar refractivity (Wildman–Crippen MR) is 103 cm³/mol. The molecular weight excluding hydrogens is 366 g/mol. The predicted octanol–water partition coefficient (Wildman–Crippen LogP) is 4.29. The Hall–Kier alpha value is -2.86. The Labute approximate surface area is 162 Å². The molecule has 0 unspecified atom stereocenters. The topological polar surface area (TPSA) is 66.2 Å². The zero-order valence-electron chi connectivity index (χ0n) is 15.4. The van der Waals surface area contributed by atoms with Crippen LogP contribution in [0.1, 0.15) is 34.4 Å². The van der Waals surface area contributed by atoms with E-state index in [2.05, 4.69) is 10.1 Å². The van der Waals surface area contributed by atoms with Crippen LogP contribution in [0.15, 0.2) is 42.5 Å². The maximum atomic E-state index is 12.5. The third-order valence-corrected chi connectivity index (χ3v) is 4.19. The van der Waals surface area contributed by atoms with E-state index < -0.39 is 5.97 Å². The lowest BCUT2D eigenvalue weighted by atomic mass is 10.2. The molecule has 7 heteroatoms. The summed E-state index contributed by atoms with van der Waals surface area (Å²) in [5.41, 5.74) is 2.60. The summed E-state index contributed by atoms with van der Waals surface area (Å²) < 4.78 is 12.6. The highest BCUT2D eigenvalue weighted by atomic mass is 35.5. The van der Waals surface area contributed by atoms with E-state index in [9.17, 15) is 4.79 Å². The number of carbonyl (C=O) groups excluding carboxylic acids is 1. The number of pyridine rings is 1. The average molecular weight is 386 g/mol. The summed E-state index contributed by atoms with van der Waals surface area (Å²) in [5.74, 6) is 0.588. The molecule has 0 aliphatic rings. The van der Waals surface area contributed by atoms with Crippen LogP contribution < -0.4 is 4.74 Å². The number of para-hydroxylation sites is 1.